The molecule has 1 atom stereocenters. The van der Waals surface area contributed by atoms with E-state index in [0.29, 0.717) is 31.0 Å². The summed E-state index contributed by atoms with van der Waals surface area (Å²) in [5, 5.41) is 10.5. The highest BCUT2D eigenvalue weighted by Gasteiger charge is 2.26. The number of carboxylic acid groups (broad SMARTS) is 1. The molecule has 1 saturated heterocycles. The molecule has 3 heterocycles. The zero-order chi connectivity index (χ0) is 24.4. The summed E-state index contributed by atoms with van der Waals surface area (Å²) in [6.07, 6.45) is 7.25. The smallest absolute Gasteiger partial charge is 0.303 e. The average molecular weight is 493 g/mol. The largest absolute Gasteiger partial charge is 0.481 e. The van der Waals surface area contributed by atoms with Crippen molar-refractivity contribution < 1.29 is 14.7 Å². The Morgan fingerprint density at radius 1 is 1.14 bits per heavy atom. The van der Waals surface area contributed by atoms with Crippen molar-refractivity contribution in [1.82, 2.24) is 19.8 Å². The number of aliphatic carboxylic acids is 1. The number of rotatable bonds is 6. The number of piperazine rings is 1. The monoisotopic (exact) mass is 492 g/mol. The Bertz CT molecular complexity index is 1240. The topological polar surface area (TPSA) is 86.6 Å². The first-order valence-corrected chi connectivity index (χ1v) is 12.6. The Balaban J connectivity index is 1.31. The lowest BCUT2D eigenvalue weighted by atomic mass is 9.82. The lowest BCUT2D eigenvalue weighted by Gasteiger charge is -2.34. The minimum atomic E-state index is -0.766. The predicted octanol–water partition coefficient (Wildman–Crippen LogP) is 4.18. The van der Waals surface area contributed by atoms with Crippen LogP contribution in [0.1, 0.15) is 52.4 Å². The zero-order valence-electron chi connectivity index (χ0n) is 19.6. The van der Waals surface area contributed by atoms with Crippen molar-refractivity contribution >= 4 is 34.4 Å². The number of nitrogens with zero attached hydrogens (tertiary/aromatic N) is 4. The van der Waals surface area contributed by atoms with Crippen molar-refractivity contribution in [2.24, 2.45) is 0 Å². The molecule has 1 aromatic carbocycles. The molecule has 1 amide bonds. The van der Waals surface area contributed by atoms with E-state index in [2.05, 4.69) is 16.0 Å². The summed E-state index contributed by atoms with van der Waals surface area (Å²) in [5.41, 5.74) is 4.75. The van der Waals surface area contributed by atoms with Crippen LogP contribution in [0.2, 0.25) is 5.02 Å². The molecule has 1 aliphatic carbocycles. The number of amides is 1. The molecule has 0 bridgehead atoms. The van der Waals surface area contributed by atoms with Crippen LogP contribution < -0.4 is 0 Å². The van der Waals surface area contributed by atoms with Crippen LogP contribution in [-0.4, -0.2) is 69.5 Å². The number of carboxylic acids is 1. The van der Waals surface area contributed by atoms with Crippen molar-refractivity contribution in [3.05, 3.63) is 70.1 Å². The van der Waals surface area contributed by atoms with Gasteiger partial charge in [-0.1, -0.05) is 23.7 Å². The molecule has 1 aliphatic heterocycles. The average Bonchev–Trinajstić information content (AvgIpc) is 2.88. The summed E-state index contributed by atoms with van der Waals surface area (Å²) in [7, 11) is 0. The van der Waals surface area contributed by atoms with Gasteiger partial charge in [0, 0.05) is 61.6 Å². The van der Waals surface area contributed by atoms with Crippen molar-refractivity contribution in [1.29, 1.82) is 0 Å². The van der Waals surface area contributed by atoms with E-state index in [1.54, 1.807) is 6.20 Å². The van der Waals surface area contributed by atoms with E-state index in [4.69, 9.17) is 21.7 Å². The number of halogens is 1. The number of carbonyl (C=O) groups excluding carboxylic acids is 1. The number of pyridine rings is 2. The SMILES string of the molecule is O=C(O)CCCN1CCN(C(=O)c2ccc3c(Cl)c4c(nc3c2)CC(c2cccnc2)CC4)CC1. The van der Waals surface area contributed by atoms with Gasteiger partial charge in [0.15, 0.2) is 0 Å². The van der Waals surface area contributed by atoms with Gasteiger partial charge >= 0.3 is 5.97 Å². The summed E-state index contributed by atoms with van der Waals surface area (Å²) in [4.78, 5) is 37.3. The molecule has 7 nitrogen and oxygen atoms in total. The van der Waals surface area contributed by atoms with Gasteiger partial charge in [0.1, 0.15) is 0 Å². The predicted molar refractivity (Wildman–Crippen MR) is 135 cm³/mol. The number of aromatic nitrogens is 2. The molecule has 1 N–H and O–H groups in total. The summed E-state index contributed by atoms with van der Waals surface area (Å²) >= 11 is 6.82. The Hall–Kier alpha value is -3.03. The van der Waals surface area contributed by atoms with Crippen LogP contribution in [0, 0.1) is 0 Å². The van der Waals surface area contributed by atoms with Crippen LogP contribution in [0.3, 0.4) is 0 Å². The van der Waals surface area contributed by atoms with E-state index < -0.39 is 5.97 Å². The van der Waals surface area contributed by atoms with Gasteiger partial charge < -0.3 is 10.0 Å². The third kappa shape index (κ3) is 5.16. The molecular formula is C27H29ClN4O3. The fraction of sp³-hybridized carbons (Fsp3) is 0.407. The van der Waals surface area contributed by atoms with Crippen LogP contribution in [0.25, 0.3) is 10.9 Å². The molecule has 5 rings (SSSR count). The number of carbonyl (C=O) groups is 2. The molecular weight excluding hydrogens is 464 g/mol. The van der Waals surface area contributed by atoms with Crippen molar-refractivity contribution in [3.8, 4) is 0 Å². The van der Waals surface area contributed by atoms with E-state index in [9.17, 15) is 9.59 Å². The summed E-state index contributed by atoms with van der Waals surface area (Å²) in [6.45, 7) is 3.53. The van der Waals surface area contributed by atoms with Gasteiger partial charge in [0.2, 0.25) is 0 Å². The molecule has 3 aromatic rings. The van der Waals surface area contributed by atoms with Gasteiger partial charge in [0.25, 0.3) is 5.91 Å². The summed E-state index contributed by atoms with van der Waals surface area (Å²) in [6, 6.07) is 9.74. The van der Waals surface area contributed by atoms with Gasteiger partial charge in [-0.25, -0.2) is 0 Å². The van der Waals surface area contributed by atoms with E-state index in [1.807, 2.05) is 35.4 Å². The van der Waals surface area contributed by atoms with Crippen LogP contribution in [-0.2, 0) is 17.6 Å². The van der Waals surface area contributed by atoms with E-state index in [0.717, 1.165) is 66.1 Å². The van der Waals surface area contributed by atoms with Crippen LogP contribution in [0.4, 0.5) is 0 Å². The molecule has 0 radical (unpaired) electrons. The first kappa shape index (κ1) is 23.7. The van der Waals surface area contributed by atoms with Crippen molar-refractivity contribution in [2.75, 3.05) is 32.7 Å². The molecule has 1 fully saturated rings. The van der Waals surface area contributed by atoms with Gasteiger partial charge in [-0.05, 0) is 67.5 Å². The highest BCUT2D eigenvalue weighted by molar-refractivity contribution is 6.36. The van der Waals surface area contributed by atoms with E-state index in [-0.39, 0.29) is 12.3 Å². The second-order valence-corrected chi connectivity index (χ2v) is 9.82. The van der Waals surface area contributed by atoms with Crippen LogP contribution >= 0.6 is 11.6 Å². The van der Waals surface area contributed by atoms with E-state index in [1.165, 1.54) is 5.56 Å². The minimum absolute atomic E-state index is 0.000894. The van der Waals surface area contributed by atoms with Gasteiger partial charge in [-0.2, -0.15) is 0 Å². The molecule has 35 heavy (non-hydrogen) atoms. The molecule has 182 valence electrons. The Morgan fingerprint density at radius 3 is 2.71 bits per heavy atom. The number of benzene rings is 1. The highest BCUT2D eigenvalue weighted by Crippen LogP contribution is 2.38. The molecule has 2 aliphatic rings. The Morgan fingerprint density at radius 2 is 1.97 bits per heavy atom. The van der Waals surface area contributed by atoms with Crippen molar-refractivity contribution in [2.45, 2.75) is 38.0 Å². The maximum absolute atomic E-state index is 13.2. The van der Waals surface area contributed by atoms with Gasteiger partial charge in [0.05, 0.1) is 10.5 Å². The highest BCUT2D eigenvalue weighted by atomic mass is 35.5. The summed E-state index contributed by atoms with van der Waals surface area (Å²) < 4.78 is 0. The standard InChI is InChI=1S/C27H29ClN4O3/c28-26-21-7-5-18(20-3-1-9-29-17-20)15-23(21)30-24-16-19(6-8-22(24)26)27(35)32-13-11-31(12-14-32)10-2-4-25(33)34/h1,3,6,8-9,16-18H,2,4-5,7,10-15H2,(H,33,34). The van der Waals surface area contributed by atoms with E-state index >= 15 is 0 Å². The quantitative estimate of drug-likeness (QED) is 0.555. The van der Waals surface area contributed by atoms with Crippen molar-refractivity contribution in [3.63, 3.8) is 0 Å². The Labute approximate surface area is 209 Å². The zero-order valence-corrected chi connectivity index (χ0v) is 20.4. The van der Waals surface area contributed by atoms with Gasteiger partial charge in [-0.15, -0.1) is 0 Å². The maximum Gasteiger partial charge on any atom is 0.303 e. The molecule has 0 spiro atoms. The second-order valence-electron chi connectivity index (χ2n) is 9.44. The Kier molecular flexibility index (Phi) is 6.97. The van der Waals surface area contributed by atoms with Crippen LogP contribution in [0.5, 0.6) is 0 Å². The number of hydrogen-bond donors (Lipinski definition) is 1. The number of fused-ring (bicyclic) bond motifs is 2. The lowest BCUT2D eigenvalue weighted by molar-refractivity contribution is -0.137. The first-order valence-electron chi connectivity index (χ1n) is 12.2. The van der Waals surface area contributed by atoms with Crippen LogP contribution in [0.15, 0.2) is 42.7 Å². The fourth-order valence-corrected chi connectivity index (χ4v) is 5.60. The third-order valence-electron chi connectivity index (χ3n) is 7.21. The molecule has 8 heteroatoms. The molecule has 2 aromatic heterocycles. The first-order chi connectivity index (χ1) is 17.0. The maximum atomic E-state index is 13.2. The number of hydrogen-bond acceptors (Lipinski definition) is 5. The molecule has 1 unspecified atom stereocenters. The summed E-state index contributed by atoms with van der Waals surface area (Å²) in [5.74, 6) is -0.396. The second kappa shape index (κ2) is 10.3. The fourth-order valence-electron chi connectivity index (χ4n) is 5.23. The lowest BCUT2D eigenvalue weighted by Crippen LogP contribution is -2.48. The molecule has 0 saturated carbocycles. The van der Waals surface area contributed by atoms with Gasteiger partial charge in [-0.3, -0.25) is 24.5 Å². The normalized spacial score (nSPS) is 18.4. The minimum Gasteiger partial charge on any atom is -0.481 e. The third-order valence-corrected chi connectivity index (χ3v) is 7.64.